The van der Waals surface area contributed by atoms with Crippen molar-refractivity contribution in [2.75, 3.05) is 20.3 Å². The molecule has 3 fully saturated rings. The molecule has 2 saturated carbocycles. The van der Waals surface area contributed by atoms with Gasteiger partial charge in [0.25, 0.3) is 0 Å². The predicted octanol–water partition coefficient (Wildman–Crippen LogP) is 6.55. The van der Waals surface area contributed by atoms with E-state index in [2.05, 4.69) is 10.6 Å². The van der Waals surface area contributed by atoms with Crippen LogP contribution < -0.4 is 20.1 Å². The molecule has 2 aliphatic heterocycles. The molecule has 3 aromatic rings. The summed E-state index contributed by atoms with van der Waals surface area (Å²) in [5.74, 6) is -0.0464. The number of amides is 3. The number of alkyl carbamates (subject to hydrolysis) is 1. The number of carbonyl (C=O) groups excluding carboxylic acids is 3. The molecule has 1 aromatic heterocycles. The quantitative estimate of drug-likeness (QED) is 0.180. The van der Waals surface area contributed by atoms with Gasteiger partial charge in [-0.1, -0.05) is 55.3 Å². The summed E-state index contributed by atoms with van der Waals surface area (Å²) < 4.78 is 31.2. The van der Waals surface area contributed by atoms with Crippen LogP contribution in [-0.4, -0.2) is 82.6 Å². The molecule has 3 N–H and O–H groups in total. The van der Waals surface area contributed by atoms with Crippen LogP contribution in [0.25, 0.3) is 22.2 Å². The Hall–Kier alpha value is -4.41. The summed E-state index contributed by atoms with van der Waals surface area (Å²) in [6.07, 6.45) is 10.1. The van der Waals surface area contributed by atoms with E-state index in [4.69, 9.17) is 19.2 Å². The standard InChI is InChI=1S/C40H49N4O8P/c1-50-29-19-20-31-34(21-29)41-33(26-13-7-6-8-14-26)23-36(31)51-30-22-35-37(45)43-40(53(2,48)49)24-27(40)15-9-4-3-5-10-18-32(38(46)44(35)25-30)42-39(47)52-28-16-11-12-17-28/h6-9,13-15,19-21,23,27-28,30,32,35H,3-5,10-12,16-18,22,24-25H2,1-2H3,(H,42,47)(H,43,45)(H,48,49)/b15-9-/t27?,30-,32?,35?,40+/m1/s1. The first-order valence-electron chi connectivity index (χ1n) is 18.8. The molecule has 3 amide bonds. The minimum Gasteiger partial charge on any atom is -0.497 e. The Morgan fingerprint density at radius 3 is 2.55 bits per heavy atom. The van der Waals surface area contributed by atoms with Crippen LogP contribution in [0.2, 0.25) is 0 Å². The summed E-state index contributed by atoms with van der Waals surface area (Å²) in [5.41, 5.74) is 2.23. The van der Waals surface area contributed by atoms with E-state index in [9.17, 15) is 23.8 Å². The third kappa shape index (κ3) is 8.09. The normalized spacial score (nSPS) is 28.4. The Morgan fingerprint density at radius 1 is 1.02 bits per heavy atom. The van der Waals surface area contributed by atoms with Crippen LogP contribution in [0.1, 0.15) is 70.6 Å². The average Bonchev–Trinajstić information content (AvgIpc) is 3.41. The van der Waals surface area contributed by atoms with Gasteiger partial charge in [-0.2, -0.15) is 0 Å². The van der Waals surface area contributed by atoms with E-state index in [1.54, 1.807) is 7.11 Å². The van der Waals surface area contributed by atoms with Crippen molar-refractivity contribution in [2.45, 2.75) is 100 Å². The largest absolute Gasteiger partial charge is 0.497 e. The van der Waals surface area contributed by atoms with Crippen LogP contribution in [0.3, 0.4) is 0 Å². The van der Waals surface area contributed by atoms with Crippen LogP contribution in [-0.2, 0) is 18.9 Å². The molecule has 4 aliphatic rings. The molecule has 2 aliphatic carbocycles. The van der Waals surface area contributed by atoms with Gasteiger partial charge in [0.15, 0.2) is 0 Å². The average molecular weight is 745 g/mol. The number of nitrogens with one attached hydrogen (secondary N) is 2. The van der Waals surface area contributed by atoms with Crippen molar-refractivity contribution in [1.29, 1.82) is 0 Å². The molecular weight excluding hydrogens is 695 g/mol. The maximum atomic E-state index is 14.6. The first-order chi connectivity index (χ1) is 25.5. The lowest BCUT2D eigenvalue weighted by Crippen LogP contribution is -2.55. The highest BCUT2D eigenvalue weighted by Crippen LogP contribution is 2.67. The van der Waals surface area contributed by atoms with Gasteiger partial charge in [0.05, 0.1) is 24.9 Å². The zero-order valence-electron chi connectivity index (χ0n) is 30.4. The number of fused-ring (bicyclic) bond motifs is 3. The number of pyridine rings is 1. The third-order valence-corrected chi connectivity index (χ3v) is 13.3. The smallest absolute Gasteiger partial charge is 0.408 e. The van der Waals surface area contributed by atoms with Crippen LogP contribution in [0.15, 0.2) is 66.7 Å². The molecule has 0 bridgehead atoms. The molecule has 4 unspecified atom stereocenters. The fourth-order valence-corrected chi connectivity index (χ4v) is 9.63. The lowest BCUT2D eigenvalue weighted by atomic mass is 10.0. The van der Waals surface area contributed by atoms with Gasteiger partial charge in [0.1, 0.15) is 41.1 Å². The highest BCUT2D eigenvalue weighted by molar-refractivity contribution is 7.59. The Bertz CT molecular complexity index is 1910. The Balaban J connectivity index is 1.21. The number of carbonyl (C=O) groups is 3. The van der Waals surface area contributed by atoms with Crippen LogP contribution in [0.4, 0.5) is 4.79 Å². The van der Waals surface area contributed by atoms with E-state index >= 15 is 0 Å². The summed E-state index contributed by atoms with van der Waals surface area (Å²) in [7, 11) is -2.20. The van der Waals surface area contributed by atoms with Crippen molar-refractivity contribution in [3.05, 3.63) is 66.7 Å². The highest BCUT2D eigenvalue weighted by Gasteiger charge is 2.64. The maximum absolute atomic E-state index is 14.6. The van der Waals surface area contributed by atoms with Crippen molar-refractivity contribution in [3.8, 4) is 22.8 Å². The highest BCUT2D eigenvalue weighted by atomic mass is 31.2. The fourth-order valence-electron chi connectivity index (χ4n) is 8.08. The molecule has 53 heavy (non-hydrogen) atoms. The molecule has 2 aromatic carbocycles. The summed E-state index contributed by atoms with van der Waals surface area (Å²) in [6, 6.07) is 15.2. The second-order valence-corrected chi connectivity index (χ2v) is 17.5. The molecule has 6 atom stereocenters. The van der Waals surface area contributed by atoms with E-state index < -0.39 is 48.7 Å². The van der Waals surface area contributed by atoms with Crippen molar-refractivity contribution in [1.82, 2.24) is 20.5 Å². The van der Waals surface area contributed by atoms with Gasteiger partial charge in [0, 0.05) is 42.1 Å². The monoisotopic (exact) mass is 744 g/mol. The molecule has 12 nitrogen and oxygen atoms in total. The van der Waals surface area contributed by atoms with Gasteiger partial charge < -0.3 is 34.6 Å². The van der Waals surface area contributed by atoms with Gasteiger partial charge in [0.2, 0.25) is 19.2 Å². The lowest BCUT2D eigenvalue weighted by molar-refractivity contribution is -0.140. The summed E-state index contributed by atoms with van der Waals surface area (Å²) in [5, 5.41) is 5.22. The first kappa shape index (κ1) is 36.9. The molecule has 13 heteroatoms. The summed E-state index contributed by atoms with van der Waals surface area (Å²) in [4.78, 5) is 59.2. The first-order valence-corrected chi connectivity index (χ1v) is 20.9. The van der Waals surface area contributed by atoms with Crippen LogP contribution >= 0.6 is 7.37 Å². The van der Waals surface area contributed by atoms with Crippen LogP contribution in [0.5, 0.6) is 11.5 Å². The van der Waals surface area contributed by atoms with Crippen molar-refractivity contribution >= 4 is 36.2 Å². The lowest BCUT2D eigenvalue weighted by Gasteiger charge is -2.30. The number of aromatic nitrogens is 1. The van der Waals surface area contributed by atoms with Gasteiger partial charge in [-0.15, -0.1) is 0 Å². The zero-order valence-corrected chi connectivity index (χ0v) is 31.3. The second kappa shape index (κ2) is 15.5. The number of allylic oxidation sites excluding steroid dienone is 1. The number of benzene rings is 2. The third-order valence-electron chi connectivity index (χ3n) is 11.2. The van der Waals surface area contributed by atoms with Gasteiger partial charge in [-0.3, -0.25) is 14.2 Å². The minimum absolute atomic E-state index is 0.0622. The Kier molecular flexibility index (Phi) is 10.8. The molecule has 0 radical (unpaired) electrons. The van der Waals surface area contributed by atoms with Crippen molar-refractivity contribution in [2.24, 2.45) is 5.92 Å². The molecule has 1 saturated heterocycles. The Morgan fingerprint density at radius 2 is 1.79 bits per heavy atom. The molecule has 3 heterocycles. The second-order valence-electron chi connectivity index (χ2n) is 14.9. The molecule has 0 spiro atoms. The number of ether oxygens (including phenoxy) is 3. The van der Waals surface area contributed by atoms with Crippen molar-refractivity contribution < 1.29 is 38.1 Å². The van der Waals surface area contributed by atoms with E-state index in [1.807, 2.05) is 66.7 Å². The van der Waals surface area contributed by atoms with E-state index in [-0.39, 0.29) is 25.0 Å². The number of hydrogen-bond donors (Lipinski definition) is 3. The predicted molar refractivity (Wildman–Crippen MR) is 201 cm³/mol. The summed E-state index contributed by atoms with van der Waals surface area (Å²) in [6.45, 7) is 1.34. The number of rotatable bonds is 7. The number of methoxy groups -OCH3 is 1. The van der Waals surface area contributed by atoms with Crippen molar-refractivity contribution in [3.63, 3.8) is 0 Å². The topological polar surface area (TPSA) is 156 Å². The van der Waals surface area contributed by atoms with E-state index in [1.165, 1.54) is 11.6 Å². The van der Waals surface area contributed by atoms with Gasteiger partial charge in [-0.05, 0) is 63.5 Å². The maximum Gasteiger partial charge on any atom is 0.408 e. The van der Waals surface area contributed by atoms with E-state index in [0.717, 1.165) is 55.9 Å². The molecule has 7 rings (SSSR count). The minimum atomic E-state index is -3.80. The van der Waals surface area contributed by atoms with Gasteiger partial charge >= 0.3 is 6.09 Å². The zero-order chi connectivity index (χ0) is 37.2. The van der Waals surface area contributed by atoms with Gasteiger partial charge in [-0.25, -0.2) is 9.78 Å². The Labute approximate surface area is 310 Å². The SMILES string of the molecule is COc1ccc2c(O[C@@H]3CC4C(=O)N[C@]5(P(C)(=O)O)CC5/C=C\CCCCCC(NC(=O)OC5CCCC5)C(=O)N4C3)cc(-c3ccccc3)nc2c1. The molecular formula is C40H49N4O8P. The van der Waals surface area contributed by atoms with E-state index in [0.29, 0.717) is 42.0 Å². The number of nitrogens with zero attached hydrogens (tertiary/aromatic N) is 2. The molecule has 282 valence electrons. The van der Waals surface area contributed by atoms with Crippen LogP contribution in [0, 0.1) is 5.92 Å². The summed E-state index contributed by atoms with van der Waals surface area (Å²) >= 11 is 0. The fraction of sp³-hybridized carbons (Fsp3) is 0.500. The number of hydrogen-bond acceptors (Lipinski definition) is 8.